The Balaban J connectivity index is 1.52. The number of anilines is 2. The van der Waals surface area contributed by atoms with Gasteiger partial charge in [0.05, 0.1) is 6.54 Å². The molecule has 0 atom stereocenters. The van der Waals surface area contributed by atoms with E-state index in [0.29, 0.717) is 6.61 Å². The van der Waals surface area contributed by atoms with Crippen molar-refractivity contribution in [3.63, 3.8) is 0 Å². The van der Waals surface area contributed by atoms with Gasteiger partial charge in [-0.25, -0.2) is 0 Å². The second-order valence-corrected chi connectivity index (χ2v) is 4.88. The Kier molecular flexibility index (Phi) is 3.73. The first-order chi connectivity index (χ1) is 10.2. The van der Waals surface area contributed by atoms with Gasteiger partial charge < -0.3 is 24.8 Å². The number of nitrogens with zero attached hydrogens (tertiary/aromatic N) is 1. The van der Waals surface area contributed by atoms with E-state index in [9.17, 15) is 0 Å². The van der Waals surface area contributed by atoms with Crippen LogP contribution in [0.15, 0.2) is 42.5 Å². The zero-order valence-electron chi connectivity index (χ0n) is 11.9. The molecule has 2 aromatic rings. The monoisotopic (exact) mass is 286 g/mol. The fourth-order valence-corrected chi connectivity index (χ4v) is 2.12. The molecule has 0 aromatic heterocycles. The molecule has 0 saturated heterocycles. The maximum Gasteiger partial charge on any atom is 0.231 e. The number of nitrogen functional groups attached to an aromatic ring is 1. The second-order valence-electron chi connectivity index (χ2n) is 4.88. The number of ether oxygens (including phenoxy) is 3. The molecule has 0 spiro atoms. The van der Waals surface area contributed by atoms with Crippen molar-refractivity contribution in [2.45, 2.75) is 0 Å². The standard InChI is InChI=1S/C16H18N2O3/c1-18(13-4-2-12(17)3-5-13)8-9-19-14-6-7-15-16(10-14)21-11-20-15/h2-7,10H,8-9,11,17H2,1H3. The summed E-state index contributed by atoms with van der Waals surface area (Å²) >= 11 is 0. The van der Waals surface area contributed by atoms with E-state index < -0.39 is 0 Å². The van der Waals surface area contributed by atoms with E-state index in [-0.39, 0.29) is 6.79 Å². The third-order valence-electron chi connectivity index (χ3n) is 3.37. The van der Waals surface area contributed by atoms with Crippen molar-refractivity contribution in [2.24, 2.45) is 0 Å². The van der Waals surface area contributed by atoms with Crippen molar-refractivity contribution >= 4 is 11.4 Å². The maximum atomic E-state index is 5.75. The van der Waals surface area contributed by atoms with Gasteiger partial charge in [0.25, 0.3) is 0 Å². The summed E-state index contributed by atoms with van der Waals surface area (Å²) in [6.07, 6.45) is 0. The van der Waals surface area contributed by atoms with E-state index in [0.717, 1.165) is 35.2 Å². The zero-order chi connectivity index (χ0) is 14.7. The maximum absolute atomic E-state index is 5.75. The Labute approximate surface area is 123 Å². The van der Waals surface area contributed by atoms with Crippen LogP contribution in [0.25, 0.3) is 0 Å². The number of hydrogen-bond acceptors (Lipinski definition) is 5. The number of rotatable bonds is 5. The summed E-state index contributed by atoms with van der Waals surface area (Å²) in [7, 11) is 2.02. The summed E-state index contributed by atoms with van der Waals surface area (Å²) in [5.41, 5.74) is 7.56. The van der Waals surface area contributed by atoms with Crippen molar-refractivity contribution in [3.8, 4) is 17.2 Å². The minimum absolute atomic E-state index is 0.276. The molecule has 0 radical (unpaired) electrons. The normalized spacial score (nSPS) is 12.2. The van der Waals surface area contributed by atoms with Crippen molar-refractivity contribution < 1.29 is 14.2 Å². The van der Waals surface area contributed by atoms with E-state index in [1.807, 2.05) is 49.5 Å². The molecule has 0 amide bonds. The van der Waals surface area contributed by atoms with Crippen molar-refractivity contribution in [1.29, 1.82) is 0 Å². The Morgan fingerprint density at radius 3 is 2.67 bits per heavy atom. The number of benzene rings is 2. The highest BCUT2D eigenvalue weighted by Crippen LogP contribution is 2.35. The third kappa shape index (κ3) is 3.13. The van der Waals surface area contributed by atoms with Crippen LogP contribution in [0.1, 0.15) is 0 Å². The molecule has 2 aromatic carbocycles. The van der Waals surface area contributed by atoms with Gasteiger partial charge >= 0.3 is 0 Å². The fourth-order valence-electron chi connectivity index (χ4n) is 2.12. The van der Waals surface area contributed by atoms with Gasteiger partial charge in [0, 0.05) is 24.5 Å². The summed E-state index contributed by atoms with van der Waals surface area (Å²) in [6.45, 7) is 1.64. The van der Waals surface area contributed by atoms with E-state index in [2.05, 4.69) is 4.90 Å². The molecule has 5 heteroatoms. The number of fused-ring (bicyclic) bond motifs is 1. The minimum atomic E-state index is 0.276. The van der Waals surface area contributed by atoms with Gasteiger partial charge in [-0.2, -0.15) is 0 Å². The molecule has 110 valence electrons. The van der Waals surface area contributed by atoms with Gasteiger partial charge in [0.15, 0.2) is 11.5 Å². The van der Waals surface area contributed by atoms with Crippen LogP contribution in [0, 0.1) is 0 Å². The molecular weight excluding hydrogens is 268 g/mol. The predicted octanol–water partition coefficient (Wildman–Crippen LogP) is 2.51. The van der Waals surface area contributed by atoms with E-state index >= 15 is 0 Å². The molecule has 1 aliphatic heterocycles. The lowest BCUT2D eigenvalue weighted by Crippen LogP contribution is -2.23. The fraction of sp³-hybridized carbons (Fsp3) is 0.250. The van der Waals surface area contributed by atoms with Crippen molar-refractivity contribution in [2.75, 3.05) is 37.6 Å². The summed E-state index contributed by atoms with van der Waals surface area (Å²) in [6, 6.07) is 13.4. The summed E-state index contributed by atoms with van der Waals surface area (Å²) in [4.78, 5) is 2.12. The third-order valence-corrected chi connectivity index (χ3v) is 3.37. The Bertz CT molecular complexity index is 613. The van der Waals surface area contributed by atoms with Crippen LogP contribution >= 0.6 is 0 Å². The zero-order valence-corrected chi connectivity index (χ0v) is 11.9. The van der Waals surface area contributed by atoms with Crippen LogP contribution in [-0.2, 0) is 0 Å². The van der Waals surface area contributed by atoms with E-state index in [4.69, 9.17) is 19.9 Å². The van der Waals surface area contributed by atoms with Crippen LogP contribution in [0.4, 0.5) is 11.4 Å². The summed E-state index contributed by atoms with van der Waals surface area (Å²) in [5.74, 6) is 2.28. The average molecular weight is 286 g/mol. The van der Waals surface area contributed by atoms with Crippen LogP contribution in [-0.4, -0.2) is 27.0 Å². The lowest BCUT2D eigenvalue weighted by Gasteiger charge is -2.19. The van der Waals surface area contributed by atoms with Crippen LogP contribution in [0.3, 0.4) is 0 Å². The molecule has 2 N–H and O–H groups in total. The van der Waals surface area contributed by atoms with Gasteiger partial charge in [-0.1, -0.05) is 0 Å². The molecule has 0 bridgehead atoms. The lowest BCUT2D eigenvalue weighted by atomic mass is 10.2. The van der Waals surface area contributed by atoms with Gasteiger partial charge in [-0.05, 0) is 36.4 Å². The largest absolute Gasteiger partial charge is 0.492 e. The molecule has 0 aliphatic carbocycles. The highest BCUT2D eigenvalue weighted by Gasteiger charge is 2.13. The van der Waals surface area contributed by atoms with E-state index in [1.54, 1.807) is 0 Å². The molecule has 0 saturated carbocycles. The van der Waals surface area contributed by atoms with Gasteiger partial charge in [0.1, 0.15) is 12.4 Å². The number of hydrogen-bond donors (Lipinski definition) is 1. The Morgan fingerprint density at radius 2 is 1.86 bits per heavy atom. The quantitative estimate of drug-likeness (QED) is 0.856. The molecule has 3 rings (SSSR count). The van der Waals surface area contributed by atoms with Crippen LogP contribution in [0.2, 0.25) is 0 Å². The second kappa shape index (κ2) is 5.83. The molecule has 5 nitrogen and oxygen atoms in total. The SMILES string of the molecule is CN(CCOc1ccc2c(c1)OCO2)c1ccc(N)cc1. The first kappa shape index (κ1) is 13.4. The highest BCUT2D eigenvalue weighted by molar-refractivity contribution is 5.52. The highest BCUT2D eigenvalue weighted by atomic mass is 16.7. The first-order valence-corrected chi connectivity index (χ1v) is 6.81. The molecule has 1 aliphatic rings. The average Bonchev–Trinajstić information content (AvgIpc) is 2.95. The molecular formula is C16H18N2O3. The minimum Gasteiger partial charge on any atom is -0.492 e. The van der Waals surface area contributed by atoms with Crippen molar-refractivity contribution in [3.05, 3.63) is 42.5 Å². The van der Waals surface area contributed by atoms with Crippen LogP contribution in [0.5, 0.6) is 17.2 Å². The molecule has 0 unspecified atom stereocenters. The first-order valence-electron chi connectivity index (χ1n) is 6.81. The topological polar surface area (TPSA) is 57.0 Å². The Morgan fingerprint density at radius 1 is 1.10 bits per heavy atom. The smallest absolute Gasteiger partial charge is 0.231 e. The van der Waals surface area contributed by atoms with E-state index in [1.165, 1.54) is 0 Å². The Hall–Kier alpha value is -2.56. The summed E-state index contributed by atoms with van der Waals surface area (Å²) in [5, 5.41) is 0. The molecule has 0 fully saturated rings. The summed E-state index contributed by atoms with van der Waals surface area (Å²) < 4.78 is 16.3. The van der Waals surface area contributed by atoms with Crippen molar-refractivity contribution in [1.82, 2.24) is 0 Å². The van der Waals surface area contributed by atoms with Gasteiger partial charge in [-0.3, -0.25) is 0 Å². The lowest BCUT2D eigenvalue weighted by molar-refractivity contribution is 0.174. The van der Waals surface area contributed by atoms with Gasteiger partial charge in [0.2, 0.25) is 6.79 Å². The molecule has 1 heterocycles. The molecule has 21 heavy (non-hydrogen) atoms. The number of likely N-dealkylation sites (N-methyl/N-ethyl adjacent to an activating group) is 1. The van der Waals surface area contributed by atoms with Crippen LogP contribution < -0.4 is 24.8 Å². The van der Waals surface area contributed by atoms with Gasteiger partial charge in [-0.15, -0.1) is 0 Å². The predicted molar refractivity (Wildman–Crippen MR) is 82.2 cm³/mol. The number of nitrogens with two attached hydrogens (primary N) is 1.